The maximum Gasteiger partial charge on any atom is 0.284 e. The first-order chi connectivity index (χ1) is 15.0. The monoisotopic (exact) mass is 439 g/mol. The maximum absolute atomic E-state index is 13.0. The summed E-state index contributed by atoms with van der Waals surface area (Å²) in [6.07, 6.45) is 3.30. The van der Waals surface area contributed by atoms with Crippen molar-refractivity contribution in [3.63, 3.8) is 0 Å². The van der Waals surface area contributed by atoms with Gasteiger partial charge in [-0.2, -0.15) is 0 Å². The zero-order chi connectivity index (χ0) is 21.8. The van der Waals surface area contributed by atoms with Gasteiger partial charge in [0.05, 0.1) is 15.5 Å². The highest BCUT2D eigenvalue weighted by Gasteiger charge is 2.25. The molecule has 0 unspecified atom stereocenters. The van der Waals surface area contributed by atoms with E-state index < -0.39 is 4.92 Å². The van der Waals surface area contributed by atoms with E-state index in [2.05, 4.69) is 20.1 Å². The first-order valence-corrected chi connectivity index (χ1v) is 10.5. The zero-order valence-electron chi connectivity index (χ0n) is 16.9. The molecule has 1 aliphatic rings. The minimum Gasteiger partial charge on any atom is -0.336 e. The smallest absolute Gasteiger partial charge is 0.284 e. The Morgan fingerprint density at radius 3 is 2.65 bits per heavy atom. The van der Waals surface area contributed by atoms with Crippen LogP contribution in [0.5, 0.6) is 0 Å². The average Bonchev–Trinajstić information content (AvgIpc) is 3.19. The second-order valence-electron chi connectivity index (χ2n) is 7.16. The summed E-state index contributed by atoms with van der Waals surface area (Å²) in [5.74, 6) is -0.198. The molecule has 4 rings (SSSR count). The number of piperazine rings is 1. The van der Waals surface area contributed by atoms with Gasteiger partial charge in [0, 0.05) is 57.6 Å². The number of hydrogen-bond donors (Lipinski definition) is 0. The zero-order valence-corrected chi connectivity index (χ0v) is 17.7. The van der Waals surface area contributed by atoms with Gasteiger partial charge in [-0.25, -0.2) is 0 Å². The first kappa shape index (κ1) is 20.9. The van der Waals surface area contributed by atoms with E-state index in [1.54, 1.807) is 34.8 Å². The van der Waals surface area contributed by atoms with Gasteiger partial charge in [-0.15, -0.1) is 10.2 Å². The van der Waals surface area contributed by atoms with Crippen LogP contribution in [-0.2, 0) is 13.6 Å². The summed E-state index contributed by atoms with van der Waals surface area (Å²) in [6.45, 7) is 3.32. The van der Waals surface area contributed by atoms with Crippen molar-refractivity contribution in [3.8, 4) is 0 Å². The number of nitrogens with zero attached hydrogens (tertiary/aromatic N) is 7. The molecule has 3 heterocycles. The third-order valence-corrected chi connectivity index (χ3v) is 6.16. The minimum absolute atomic E-state index is 0.118. The highest BCUT2D eigenvalue weighted by atomic mass is 32.2. The summed E-state index contributed by atoms with van der Waals surface area (Å²) in [4.78, 5) is 32.8. The van der Waals surface area contributed by atoms with Crippen molar-refractivity contribution in [1.29, 1.82) is 0 Å². The van der Waals surface area contributed by atoms with Gasteiger partial charge < -0.3 is 9.47 Å². The molecule has 0 saturated carbocycles. The van der Waals surface area contributed by atoms with Crippen molar-refractivity contribution < 1.29 is 9.72 Å². The number of hydrogen-bond acceptors (Lipinski definition) is 8. The summed E-state index contributed by atoms with van der Waals surface area (Å²) in [5, 5.41) is 19.9. The van der Waals surface area contributed by atoms with E-state index in [-0.39, 0.29) is 11.6 Å². The Morgan fingerprint density at radius 1 is 1.19 bits per heavy atom. The van der Waals surface area contributed by atoms with Gasteiger partial charge in [0.2, 0.25) is 0 Å². The van der Waals surface area contributed by atoms with E-state index >= 15 is 0 Å². The summed E-state index contributed by atoms with van der Waals surface area (Å²) < 4.78 is 1.68. The molecular formula is C20H21N7O3S. The van der Waals surface area contributed by atoms with Crippen LogP contribution in [-0.4, -0.2) is 66.6 Å². The summed E-state index contributed by atoms with van der Waals surface area (Å²) in [6, 6.07) is 10.4. The number of benzene rings is 1. The number of pyridine rings is 1. The van der Waals surface area contributed by atoms with Crippen molar-refractivity contribution in [1.82, 2.24) is 29.5 Å². The van der Waals surface area contributed by atoms with Gasteiger partial charge in [0.25, 0.3) is 11.6 Å². The number of rotatable bonds is 6. The molecule has 1 aromatic carbocycles. The Kier molecular flexibility index (Phi) is 6.23. The molecule has 0 spiro atoms. The molecule has 31 heavy (non-hydrogen) atoms. The molecule has 0 radical (unpaired) electrons. The number of carbonyl (C=O) groups excluding carboxylic acids is 1. The van der Waals surface area contributed by atoms with Crippen LogP contribution >= 0.6 is 11.8 Å². The number of amides is 1. The van der Waals surface area contributed by atoms with Crippen molar-refractivity contribution in [2.24, 2.45) is 7.05 Å². The van der Waals surface area contributed by atoms with Gasteiger partial charge in [-0.3, -0.25) is 24.8 Å². The standard InChI is InChI=1S/C20H21N7O3S/c1-24-14-22-23-20(24)31-18-6-5-15(12-17(18)27(29)30)19(28)26-10-8-25(9-11-26)13-16-4-2-3-7-21-16/h2-7,12,14H,8-11,13H2,1H3. The maximum atomic E-state index is 13.0. The topological polar surface area (TPSA) is 110 Å². The second kappa shape index (κ2) is 9.23. The van der Waals surface area contributed by atoms with Crippen molar-refractivity contribution in [2.75, 3.05) is 26.2 Å². The third kappa shape index (κ3) is 4.89. The fourth-order valence-electron chi connectivity index (χ4n) is 3.36. The lowest BCUT2D eigenvalue weighted by Crippen LogP contribution is -2.48. The highest BCUT2D eigenvalue weighted by molar-refractivity contribution is 7.99. The van der Waals surface area contributed by atoms with Crippen LogP contribution in [0.2, 0.25) is 0 Å². The number of nitro groups is 1. The lowest BCUT2D eigenvalue weighted by Gasteiger charge is -2.34. The van der Waals surface area contributed by atoms with Crippen LogP contribution in [0.4, 0.5) is 5.69 Å². The quantitative estimate of drug-likeness (QED) is 0.425. The van der Waals surface area contributed by atoms with Gasteiger partial charge in [-0.05, 0) is 36.0 Å². The molecule has 1 amide bonds. The number of aromatic nitrogens is 4. The van der Waals surface area contributed by atoms with E-state index in [1.165, 1.54) is 12.4 Å². The molecule has 11 heteroatoms. The van der Waals surface area contributed by atoms with E-state index in [0.29, 0.717) is 28.7 Å². The highest BCUT2D eigenvalue weighted by Crippen LogP contribution is 2.34. The molecule has 0 bridgehead atoms. The molecule has 1 saturated heterocycles. The molecule has 0 atom stereocenters. The van der Waals surface area contributed by atoms with Crippen LogP contribution < -0.4 is 0 Å². The van der Waals surface area contributed by atoms with Gasteiger partial charge in [0.15, 0.2) is 5.16 Å². The molecular weight excluding hydrogens is 418 g/mol. The molecule has 10 nitrogen and oxygen atoms in total. The lowest BCUT2D eigenvalue weighted by molar-refractivity contribution is -0.387. The van der Waals surface area contributed by atoms with E-state index in [4.69, 9.17) is 0 Å². The molecule has 0 aliphatic carbocycles. The number of carbonyl (C=O) groups is 1. The molecule has 3 aromatic rings. The molecule has 1 fully saturated rings. The average molecular weight is 440 g/mol. The van der Waals surface area contributed by atoms with Gasteiger partial charge >= 0.3 is 0 Å². The minimum atomic E-state index is -0.472. The Morgan fingerprint density at radius 2 is 2.00 bits per heavy atom. The molecule has 160 valence electrons. The van der Waals surface area contributed by atoms with Crippen LogP contribution in [0.15, 0.2) is 59.0 Å². The molecule has 1 aliphatic heterocycles. The number of nitro benzene ring substituents is 1. The SMILES string of the molecule is Cn1cnnc1Sc1ccc(C(=O)N2CCN(Cc3ccccn3)CC2)cc1[N+](=O)[O-]. The van der Waals surface area contributed by atoms with Crippen LogP contribution in [0.25, 0.3) is 0 Å². The summed E-state index contributed by atoms with van der Waals surface area (Å²) >= 11 is 1.14. The Labute approximate surface area is 183 Å². The first-order valence-electron chi connectivity index (χ1n) is 9.73. The molecule has 0 N–H and O–H groups in total. The fraction of sp³-hybridized carbons (Fsp3) is 0.300. The largest absolute Gasteiger partial charge is 0.336 e. The number of aryl methyl sites for hydroxylation is 1. The third-order valence-electron chi connectivity index (χ3n) is 5.04. The normalized spacial score (nSPS) is 14.5. The Bertz CT molecular complexity index is 1080. The molecule has 2 aromatic heterocycles. The lowest BCUT2D eigenvalue weighted by atomic mass is 10.1. The predicted molar refractivity (Wildman–Crippen MR) is 114 cm³/mol. The van der Waals surface area contributed by atoms with Crippen LogP contribution in [0, 0.1) is 10.1 Å². The van der Waals surface area contributed by atoms with Crippen LogP contribution in [0.3, 0.4) is 0 Å². The fourth-order valence-corrected chi connectivity index (χ4v) is 4.21. The van der Waals surface area contributed by atoms with Crippen molar-refractivity contribution >= 4 is 23.4 Å². The van der Waals surface area contributed by atoms with Gasteiger partial charge in [-0.1, -0.05) is 6.07 Å². The Hall–Kier alpha value is -3.31. The predicted octanol–water partition coefficient (Wildman–Crippen LogP) is 2.23. The van der Waals surface area contributed by atoms with Gasteiger partial charge in [0.1, 0.15) is 6.33 Å². The van der Waals surface area contributed by atoms with Crippen LogP contribution in [0.1, 0.15) is 16.1 Å². The summed E-state index contributed by atoms with van der Waals surface area (Å²) in [7, 11) is 1.76. The van der Waals surface area contributed by atoms with Crippen molar-refractivity contribution in [2.45, 2.75) is 16.6 Å². The van der Waals surface area contributed by atoms with E-state index in [1.807, 2.05) is 18.2 Å². The summed E-state index contributed by atoms with van der Waals surface area (Å²) in [5.41, 5.74) is 1.19. The van der Waals surface area contributed by atoms with Crippen molar-refractivity contribution in [3.05, 3.63) is 70.3 Å². The van der Waals surface area contributed by atoms with E-state index in [9.17, 15) is 14.9 Å². The second-order valence-corrected chi connectivity index (χ2v) is 8.16. The van der Waals surface area contributed by atoms with E-state index in [0.717, 1.165) is 37.1 Å². The Balaban J connectivity index is 1.43.